The number of ether oxygens (including phenoxy) is 1. The van der Waals surface area contributed by atoms with Gasteiger partial charge in [-0.05, 0) is 60.3 Å². The number of anilines is 1. The van der Waals surface area contributed by atoms with Crippen molar-refractivity contribution in [3.05, 3.63) is 40.4 Å². The van der Waals surface area contributed by atoms with Gasteiger partial charge in [0.2, 0.25) is 0 Å². The number of hydrogen-bond donors (Lipinski definition) is 2. The quantitative estimate of drug-likeness (QED) is 0.486. The van der Waals surface area contributed by atoms with E-state index in [1.807, 2.05) is 12.1 Å². The maximum absolute atomic E-state index is 6.57. The number of nitrogens with zero attached hydrogens (tertiary/aromatic N) is 2. The van der Waals surface area contributed by atoms with Crippen molar-refractivity contribution in [2.75, 3.05) is 12.8 Å². The number of pyridine rings is 1. The highest BCUT2D eigenvalue weighted by molar-refractivity contribution is 7.71. The largest absolute Gasteiger partial charge is 0.497 e. The molecule has 0 spiro atoms. The Hall–Kier alpha value is -2.71. The third-order valence-electron chi connectivity index (χ3n) is 4.91. The van der Waals surface area contributed by atoms with Crippen molar-refractivity contribution >= 4 is 39.5 Å². The normalized spacial score (nSPS) is 13.2. The molecular formula is C19H16N4O2S2. The number of aromatic nitrogens is 3. The maximum atomic E-state index is 6.57. The average molecular weight is 396 g/mol. The highest BCUT2D eigenvalue weighted by Crippen LogP contribution is 2.47. The van der Waals surface area contributed by atoms with E-state index in [9.17, 15) is 0 Å². The number of thiophene rings is 1. The number of nitrogens with one attached hydrogen (secondary N) is 1. The van der Waals surface area contributed by atoms with Crippen LogP contribution in [0.5, 0.6) is 5.75 Å². The summed E-state index contributed by atoms with van der Waals surface area (Å²) in [5, 5.41) is 7.76. The maximum Gasteiger partial charge on any atom is 0.284 e. The molecule has 27 heavy (non-hydrogen) atoms. The number of benzene rings is 1. The van der Waals surface area contributed by atoms with Gasteiger partial charge in [0, 0.05) is 11.1 Å². The molecule has 1 aliphatic rings. The lowest BCUT2D eigenvalue weighted by atomic mass is 9.96. The molecule has 0 saturated heterocycles. The van der Waals surface area contributed by atoms with Gasteiger partial charge in [-0.25, -0.2) is 10.1 Å². The number of hydrogen-bond acceptors (Lipinski definition) is 7. The van der Waals surface area contributed by atoms with E-state index < -0.39 is 0 Å². The fourth-order valence-electron chi connectivity index (χ4n) is 3.71. The molecular weight excluding hydrogens is 380 g/mol. The molecule has 0 aliphatic heterocycles. The molecule has 3 heterocycles. The van der Waals surface area contributed by atoms with E-state index in [2.05, 4.69) is 22.3 Å². The van der Waals surface area contributed by atoms with Crippen LogP contribution in [0.4, 0.5) is 5.69 Å². The second-order valence-corrected chi connectivity index (χ2v) is 7.81. The summed E-state index contributed by atoms with van der Waals surface area (Å²) < 4.78 is 10.8. The lowest BCUT2D eigenvalue weighted by molar-refractivity contribution is 0.415. The molecule has 1 aliphatic carbocycles. The standard InChI is InChI=1S/C19H16N4O2S2/c1-24-10-7-5-9(6-8-10)13-11-3-2-4-12(11)21-18-14(13)15(20)16(27-18)17-22-23-19(26)25-17/h5-8H,2-4,20H2,1H3,(H,23,26). The van der Waals surface area contributed by atoms with Gasteiger partial charge in [0.15, 0.2) is 0 Å². The molecule has 0 amide bonds. The summed E-state index contributed by atoms with van der Waals surface area (Å²) in [6.07, 6.45) is 3.11. The molecule has 6 nitrogen and oxygen atoms in total. The zero-order valence-corrected chi connectivity index (χ0v) is 16.2. The Kier molecular flexibility index (Phi) is 3.76. The monoisotopic (exact) mass is 396 g/mol. The Morgan fingerprint density at radius 2 is 2.07 bits per heavy atom. The second-order valence-electron chi connectivity index (χ2n) is 6.44. The fourth-order valence-corrected chi connectivity index (χ4v) is 4.88. The zero-order valence-electron chi connectivity index (χ0n) is 14.5. The predicted molar refractivity (Wildman–Crippen MR) is 109 cm³/mol. The van der Waals surface area contributed by atoms with Gasteiger partial charge in [-0.3, -0.25) is 0 Å². The number of fused-ring (bicyclic) bond motifs is 2. The van der Waals surface area contributed by atoms with Crippen LogP contribution >= 0.6 is 23.6 Å². The number of rotatable bonds is 3. The van der Waals surface area contributed by atoms with Gasteiger partial charge in [0.1, 0.15) is 15.5 Å². The first-order valence-electron chi connectivity index (χ1n) is 8.59. The lowest BCUT2D eigenvalue weighted by Crippen LogP contribution is -1.96. The minimum absolute atomic E-state index is 0.229. The van der Waals surface area contributed by atoms with Gasteiger partial charge in [0.25, 0.3) is 10.7 Å². The molecule has 3 N–H and O–H groups in total. The summed E-state index contributed by atoms with van der Waals surface area (Å²) in [5.41, 5.74) is 11.9. The summed E-state index contributed by atoms with van der Waals surface area (Å²) in [7, 11) is 1.67. The summed E-state index contributed by atoms with van der Waals surface area (Å²) in [6, 6.07) is 8.09. The van der Waals surface area contributed by atoms with Crippen LogP contribution in [-0.4, -0.2) is 22.3 Å². The minimum Gasteiger partial charge on any atom is -0.497 e. The van der Waals surface area contributed by atoms with Crippen molar-refractivity contribution in [2.45, 2.75) is 19.3 Å². The van der Waals surface area contributed by atoms with Crippen LogP contribution in [-0.2, 0) is 12.8 Å². The summed E-state index contributed by atoms with van der Waals surface area (Å²) in [5.74, 6) is 1.23. The molecule has 0 radical (unpaired) electrons. The third-order valence-corrected chi connectivity index (χ3v) is 6.18. The number of methoxy groups -OCH3 is 1. The van der Waals surface area contributed by atoms with E-state index in [0.717, 1.165) is 56.9 Å². The van der Waals surface area contributed by atoms with E-state index in [0.29, 0.717) is 11.6 Å². The molecule has 0 unspecified atom stereocenters. The number of H-pyrrole nitrogens is 1. The molecule has 0 saturated carbocycles. The van der Waals surface area contributed by atoms with Crippen LogP contribution in [0.2, 0.25) is 0 Å². The van der Waals surface area contributed by atoms with E-state index in [-0.39, 0.29) is 4.84 Å². The second kappa shape index (κ2) is 6.17. The van der Waals surface area contributed by atoms with Crippen molar-refractivity contribution < 1.29 is 9.15 Å². The Bertz CT molecular complexity index is 1220. The molecule has 0 bridgehead atoms. The first kappa shape index (κ1) is 16.5. The van der Waals surface area contributed by atoms with Crippen molar-refractivity contribution in [1.82, 2.24) is 15.2 Å². The number of nitrogen functional groups attached to an aromatic ring is 1. The van der Waals surface area contributed by atoms with E-state index >= 15 is 0 Å². The van der Waals surface area contributed by atoms with Crippen LogP contribution in [0.25, 0.3) is 32.1 Å². The van der Waals surface area contributed by atoms with E-state index in [1.165, 1.54) is 16.9 Å². The molecule has 0 fully saturated rings. The lowest BCUT2D eigenvalue weighted by Gasteiger charge is -2.12. The molecule has 1 aromatic carbocycles. The topological polar surface area (TPSA) is 90.0 Å². The van der Waals surface area contributed by atoms with Gasteiger partial charge in [0.05, 0.1) is 12.8 Å². The molecule has 8 heteroatoms. The van der Waals surface area contributed by atoms with Gasteiger partial charge in [-0.15, -0.1) is 16.4 Å². The van der Waals surface area contributed by atoms with Gasteiger partial charge < -0.3 is 14.9 Å². The first-order valence-corrected chi connectivity index (χ1v) is 9.82. The van der Waals surface area contributed by atoms with Crippen LogP contribution in [0.15, 0.2) is 28.7 Å². The Balaban J connectivity index is 1.82. The van der Waals surface area contributed by atoms with Crippen LogP contribution in [0.3, 0.4) is 0 Å². The predicted octanol–water partition coefficient (Wildman–Crippen LogP) is 4.76. The Morgan fingerprint density at radius 1 is 1.26 bits per heavy atom. The van der Waals surface area contributed by atoms with Crippen molar-refractivity contribution in [2.24, 2.45) is 0 Å². The molecule has 136 valence electrons. The highest BCUT2D eigenvalue weighted by atomic mass is 32.1. The van der Waals surface area contributed by atoms with Gasteiger partial charge in [-0.2, -0.15) is 0 Å². The van der Waals surface area contributed by atoms with Crippen molar-refractivity contribution in [1.29, 1.82) is 0 Å². The first-order chi connectivity index (χ1) is 13.2. The number of aromatic amines is 1. The number of aryl methyl sites for hydroxylation is 1. The van der Waals surface area contributed by atoms with E-state index in [1.54, 1.807) is 7.11 Å². The Morgan fingerprint density at radius 3 is 2.78 bits per heavy atom. The van der Waals surface area contributed by atoms with Gasteiger partial charge >= 0.3 is 0 Å². The third kappa shape index (κ3) is 2.55. The van der Waals surface area contributed by atoms with Crippen molar-refractivity contribution in [3.8, 4) is 27.6 Å². The summed E-state index contributed by atoms with van der Waals surface area (Å²) >= 11 is 6.49. The van der Waals surface area contributed by atoms with Gasteiger partial charge in [-0.1, -0.05) is 12.1 Å². The number of nitrogens with two attached hydrogens (primary N) is 1. The zero-order chi connectivity index (χ0) is 18.5. The SMILES string of the molecule is COc1ccc(-c2c3c(nc4sc(-c5n[nH]c(=S)o5)c(N)c24)CCC3)cc1. The van der Waals surface area contributed by atoms with E-state index in [4.69, 9.17) is 32.1 Å². The average Bonchev–Trinajstić information content (AvgIpc) is 3.39. The van der Waals surface area contributed by atoms with Crippen LogP contribution in [0, 0.1) is 4.84 Å². The fraction of sp³-hybridized carbons (Fsp3) is 0.211. The summed E-state index contributed by atoms with van der Waals surface area (Å²) in [6.45, 7) is 0. The Labute approximate surface area is 164 Å². The van der Waals surface area contributed by atoms with Crippen LogP contribution < -0.4 is 10.5 Å². The highest BCUT2D eigenvalue weighted by Gasteiger charge is 2.26. The molecule has 0 atom stereocenters. The summed E-state index contributed by atoms with van der Waals surface area (Å²) in [4.78, 5) is 6.78. The smallest absolute Gasteiger partial charge is 0.284 e. The van der Waals surface area contributed by atoms with Crippen LogP contribution in [0.1, 0.15) is 17.7 Å². The molecule has 4 aromatic rings. The molecule has 5 rings (SSSR count). The van der Waals surface area contributed by atoms with Crippen molar-refractivity contribution in [3.63, 3.8) is 0 Å². The molecule has 3 aromatic heterocycles. The minimum atomic E-state index is 0.229.